The van der Waals surface area contributed by atoms with Gasteiger partial charge in [-0.1, -0.05) is 24.3 Å². The fraction of sp³-hybridized carbons (Fsp3) is 0.600. The molecule has 2 aliphatic rings. The Morgan fingerprint density at radius 2 is 2.00 bits per heavy atom. The topological polar surface area (TPSA) is 23.5 Å². The molecule has 0 amide bonds. The molecule has 0 heterocycles. The molecule has 0 saturated heterocycles. The molecular weight excluding hydrogens is 210 g/mol. The minimum Gasteiger partial charge on any atom is -0.395 e. The zero-order valence-electron chi connectivity index (χ0n) is 10.3. The standard InChI is InChI=1S/C15H21NO/c17-10-9-16(11-12-5-6-12)15-8-7-13-3-1-2-4-14(13)15/h1-4,12,15,17H,5-11H2. The summed E-state index contributed by atoms with van der Waals surface area (Å²) in [5.74, 6) is 0.898. The molecule has 1 aromatic rings. The second kappa shape index (κ2) is 4.79. The maximum atomic E-state index is 9.24. The van der Waals surface area contributed by atoms with Crippen LogP contribution < -0.4 is 0 Å². The third kappa shape index (κ3) is 2.38. The van der Waals surface area contributed by atoms with Crippen LogP contribution in [0.25, 0.3) is 0 Å². The molecule has 0 radical (unpaired) electrons. The van der Waals surface area contributed by atoms with Crippen LogP contribution >= 0.6 is 0 Å². The fourth-order valence-corrected chi connectivity index (χ4v) is 3.05. The van der Waals surface area contributed by atoms with Crippen molar-refractivity contribution in [2.45, 2.75) is 31.7 Å². The lowest BCUT2D eigenvalue weighted by atomic mass is 10.1. The molecule has 0 bridgehead atoms. The van der Waals surface area contributed by atoms with E-state index in [4.69, 9.17) is 0 Å². The van der Waals surface area contributed by atoms with Gasteiger partial charge in [-0.2, -0.15) is 0 Å². The molecule has 0 spiro atoms. The Morgan fingerprint density at radius 3 is 2.76 bits per heavy atom. The highest BCUT2D eigenvalue weighted by Gasteiger charge is 2.31. The maximum absolute atomic E-state index is 9.24. The molecule has 17 heavy (non-hydrogen) atoms. The van der Waals surface area contributed by atoms with Gasteiger partial charge >= 0.3 is 0 Å². The number of hydrogen-bond acceptors (Lipinski definition) is 2. The summed E-state index contributed by atoms with van der Waals surface area (Å²) in [5, 5.41) is 9.24. The monoisotopic (exact) mass is 231 g/mol. The van der Waals surface area contributed by atoms with Crippen molar-refractivity contribution in [2.75, 3.05) is 19.7 Å². The second-order valence-corrected chi connectivity index (χ2v) is 5.42. The van der Waals surface area contributed by atoms with Crippen molar-refractivity contribution in [3.05, 3.63) is 35.4 Å². The van der Waals surface area contributed by atoms with Crippen molar-refractivity contribution >= 4 is 0 Å². The number of nitrogens with zero attached hydrogens (tertiary/aromatic N) is 1. The van der Waals surface area contributed by atoms with E-state index in [1.54, 1.807) is 0 Å². The summed E-state index contributed by atoms with van der Waals surface area (Å²) in [5.41, 5.74) is 3.01. The molecule has 1 atom stereocenters. The first-order valence-corrected chi connectivity index (χ1v) is 6.81. The highest BCUT2D eigenvalue weighted by atomic mass is 16.3. The summed E-state index contributed by atoms with van der Waals surface area (Å²) in [4.78, 5) is 2.50. The molecule has 3 rings (SSSR count). The van der Waals surface area contributed by atoms with Gasteiger partial charge in [-0.25, -0.2) is 0 Å². The van der Waals surface area contributed by atoms with Gasteiger partial charge in [-0.05, 0) is 42.7 Å². The van der Waals surface area contributed by atoms with E-state index < -0.39 is 0 Å². The van der Waals surface area contributed by atoms with Gasteiger partial charge in [0.25, 0.3) is 0 Å². The van der Waals surface area contributed by atoms with Gasteiger partial charge in [-0.15, -0.1) is 0 Å². The van der Waals surface area contributed by atoms with Crippen LogP contribution in [0.4, 0.5) is 0 Å². The molecule has 92 valence electrons. The van der Waals surface area contributed by atoms with Crippen molar-refractivity contribution in [1.82, 2.24) is 4.90 Å². The first-order valence-electron chi connectivity index (χ1n) is 6.81. The molecule has 0 aliphatic heterocycles. The predicted octanol–water partition coefficient (Wildman–Crippen LogP) is 2.38. The minimum atomic E-state index is 0.283. The van der Waals surface area contributed by atoms with E-state index in [9.17, 15) is 5.11 Å². The van der Waals surface area contributed by atoms with Crippen LogP contribution in [0.1, 0.15) is 36.4 Å². The molecule has 1 fully saturated rings. The van der Waals surface area contributed by atoms with E-state index >= 15 is 0 Å². The zero-order chi connectivity index (χ0) is 11.7. The molecule has 0 aromatic heterocycles. The number of benzene rings is 1. The van der Waals surface area contributed by atoms with Crippen LogP contribution in [-0.4, -0.2) is 29.7 Å². The molecule has 2 aliphatic carbocycles. The van der Waals surface area contributed by atoms with Gasteiger partial charge in [0.1, 0.15) is 0 Å². The lowest BCUT2D eigenvalue weighted by molar-refractivity contribution is 0.144. The van der Waals surface area contributed by atoms with E-state index in [0.717, 1.165) is 12.5 Å². The SMILES string of the molecule is OCCN(CC1CC1)C1CCc2ccccc21. The third-order valence-corrected chi connectivity index (χ3v) is 4.12. The molecule has 1 saturated carbocycles. The predicted molar refractivity (Wildman–Crippen MR) is 68.9 cm³/mol. The first-order chi connectivity index (χ1) is 8.38. The molecule has 1 unspecified atom stereocenters. The van der Waals surface area contributed by atoms with E-state index in [1.165, 1.54) is 43.4 Å². The van der Waals surface area contributed by atoms with Gasteiger partial charge in [0, 0.05) is 19.1 Å². The van der Waals surface area contributed by atoms with Crippen LogP contribution in [0.15, 0.2) is 24.3 Å². The summed E-state index contributed by atoms with van der Waals surface area (Å²) in [6.45, 7) is 2.29. The largest absolute Gasteiger partial charge is 0.395 e. The van der Waals surface area contributed by atoms with Crippen LogP contribution in [-0.2, 0) is 6.42 Å². The molecular formula is C15H21NO. The number of hydrogen-bond donors (Lipinski definition) is 1. The van der Waals surface area contributed by atoms with Crippen LogP contribution in [0, 0.1) is 5.92 Å². The lowest BCUT2D eigenvalue weighted by Crippen LogP contribution is -2.32. The van der Waals surface area contributed by atoms with Gasteiger partial charge in [0.05, 0.1) is 6.61 Å². The van der Waals surface area contributed by atoms with E-state index in [2.05, 4.69) is 29.2 Å². The van der Waals surface area contributed by atoms with Gasteiger partial charge in [0.15, 0.2) is 0 Å². The van der Waals surface area contributed by atoms with E-state index in [0.29, 0.717) is 6.04 Å². The van der Waals surface area contributed by atoms with Gasteiger partial charge in [0.2, 0.25) is 0 Å². The highest BCUT2D eigenvalue weighted by Crippen LogP contribution is 2.38. The molecule has 1 aromatic carbocycles. The van der Waals surface area contributed by atoms with Crippen LogP contribution in [0.5, 0.6) is 0 Å². The number of rotatable bonds is 5. The smallest absolute Gasteiger partial charge is 0.0558 e. The number of fused-ring (bicyclic) bond motifs is 1. The van der Waals surface area contributed by atoms with Gasteiger partial charge in [-0.3, -0.25) is 4.90 Å². The first kappa shape index (κ1) is 11.2. The Labute approximate surface area is 103 Å². The van der Waals surface area contributed by atoms with Crippen molar-refractivity contribution in [2.24, 2.45) is 5.92 Å². The number of aliphatic hydroxyl groups excluding tert-OH is 1. The summed E-state index contributed by atoms with van der Waals surface area (Å²) in [7, 11) is 0. The number of aryl methyl sites for hydroxylation is 1. The quantitative estimate of drug-likeness (QED) is 0.841. The molecule has 2 nitrogen and oxygen atoms in total. The Bertz CT molecular complexity index is 386. The average molecular weight is 231 g/mol. The van der Waals surface area contributed by atoms with Crippen LogP contribution in [0.3, 0.4) is 0 Å². The highest BCUT2D eigenvalue weighted by molar-refractivity contribution is 5.34. The fourth-order valence-electron chi connectivity index (χ4n) is 3.05. The summed E-state index contributed by atoms with van der Waals surface area (Å²) >= 11 is 0. The summed E-state index contributed by atoms with van der Waals surface area (Å²) < 4.78 is 0. The van der Waals surface area contributed by atoms with Crippen molar-refractivity contribution in [1.29, 1.82) is 0 Å². The zero-order valence-corrected chi connectivity index (χ0v) is 10.3. The second-order valence-electron chi connectivity index (χ2n) is 5.42. The van der Waals surface area contributed by atoms with E-state index in [-0.39, 0.29) is 6.61 Å². The summed E-state index contributed by atoms with van der Waals surface area (Å²) in [6, 6.07) is 9.36. The van der Waals surface area contributed by atoms with Crippen molar-refractivity contribution in [3.63, 3.8) is 0 Å². The van der Waals surface area contributed by atoms with Crippen LogP contribution in [0.2, 0.25) is 0 Å². The third-order valence-electron chi connectivity index (χ3n) is 4.12. The Kier molecular flexibility index (Phi) is 3.17. The summed E-state index contributed by atoms with van der Waals surface area (Å²) in [6.07, 6.45) is 5.20. The van der Waals surface area contributed by atoms with Crippen molar-refractivity contribution in [3.8, 4) is 0 Å². The minimum absolute atomic E-state index is 0.283. The number of aliphatic hydroxyl groups is 1. The van der Waals surface area contributed by atoms with E-state index in [1.807, 2.05) is 0 Å². The van der Waals surface area contributed by atoms with Crippen molar-refractivity contribution < 1.29 is 5.11 Å². The average Bonchev–Trinajstić information content (AvgIpc) is 3.07. The van der Waals surface area contributed by atoms with Gasteiger partial charge < -0.3 is 5.11 Å². The maximum Gasteiger partial charge on any atom is 0.0558 e. The Morgan fingerprint density at radius 1 is 1.18 bits per heavy atom. The normalized spacial score (nSPS) is 23.1. The lowest BCUT2D eigenvalue weighted by Gasteiger charge is -2.29. The molecule has 2 heteroatoms. The molecule has 1 N–H and O–H groups in total. The Hall–Kier alpha value is -0.860. The Balaban J connectivity index is 1.77.